The minimum atomic E-state index is -0.104. The molecule has 0 aromatic carbocycles. The first kappa shape index (κ1) is 14.6. The molecule has 0 fully saturated rings. The van der Waals surface area contributed by atoms with Crippen molar-refractivity contribution in [3.8, 4) is 0 Å². The SMILES string of the molecule is CC(CCC(=O)OCC(C)C(C)C)O[SiH3]. The third kappa shape index (κ3) is 7.56. The van der Waals surface area contributed by atoms with Crippen LogP contribution in [0.25, 0.3) is 0 Å². The Balaban J connectivity index is 3.58. The Kier molecular flexibility index (Phi) is 7.69. The molecule has 15 heavy (non-hydrogen) atoms. The Morgan fingerprint density at radius 2 is 1.87 bits per heavy atom. The molecule has 0 spiro atoms. The van der Waals surface area contributed by atoms with Gasteiger partial charge in [0.15, 0.2) is 0 Å². The molecule has 0 aliphatic carbocycles. The van der Waals surface area contributed by atoms with Gasteiger partial charge in [-0.05, 0) is 25.2 Å². The Morgan fingerprint density at radius 3 is 2.33 bits per heavy atom. The zero-order valence-electron chi connectivity index (χ0n) is 10.6. The molecule has 0 rings (SSSR count). The molecule has 0 N–H and O–H groups in total. The summed E-state index contributed by atoms with van der Waals surface area (Å²) in [6.07, 6.45) is 1.42. The van der Waals surface area contributed by atoms with Crippen LogP contribution in [0.1, 0.15) is 40.5 Å². The maximum Gasteiger partial charge on any atom is 0.305 e. The lowest BCUT2D eigenvalue weighted by molar-refractivity contribution is -0.145. The summed E-state index contributed by atoms with van der Waals surface area (Å²) in [7, 11) is 0.728. The van der Waals surface area contributed by atoms with Crippen molar-refractivity contribution < 1.29 is 14.0 Å². The van der Waals surface area contributed by atoms with Crippen LogP contribution in [0.3, 0.4) is 0 Å². The third-order valence-electron chi connectivity index (χ3n) is 2.80. The van der Waals surface area contributed by atoms with Crippen LogP contribution in [0, 0.1) is 11.8 Å². The van der Waals surface area contributed by atoms with Gasteiger partial charge in [0, 0.05) is 12.5 Å². The Bertz CT molecular complexity index is 183. The van der Waals surface area contributed by atoms with Crippen molar-refractivity contribution in [3.05, 3.63) is 0 Å². The second kappa shape index (κ2) is 7.88. The summed E-state index contributed by atoms with van der Waals surface area (Å²) in [5.41, 5.74) is 0. The number of esters is 1. The standard InChI is InChI=1S/C11H24O3Si/c1-8(2)9(3)7-13-11(12)6-5-10(4)14-15/h8-10H,5-7H2,1-4,15H3. The van der Waals surface area contributed by atoms with E-state index in [1.165, 1.54) is 0 Å². The molecular weight excluding hydrogens is 208 g/mol. The maximum absolute atomic E-state index is 11.3. The van der Waals surface area contributed by atoms with Crippen LogP contribution in [-0.2, 0) is 14.0 Å². The van der Waals surface area contributed by atoms with Gasteiger partial charge >= 0.3 is 5.97 Å². The largest absolute Gasteiger partial charge is 0.465 e. The summed E-state index contributed by atoms with van der Waals surface area (Å²) < 4.78 is 10.4. The molecule has 0 amide bonds. The third-order valence-corrected chi connectivity index (χ3v) is 3.61. The lowest BCUT2D eigenvalue weighted by Gasteiger charge is -2.15. The Morgan fingerprint density at radius 1 is 1.27 bits per heavy atom. The van der Waals surface area contributed by atoms with Crippen molar-refractivity contribution in [1.82, 2.24) is 0 Å². The highest BCUT2D eigenvalue weighted by atomic mass is 28.2. The van der Waals surface area contributed by atoms with E-state index >= 15 is 0 Å². The van der Waals surface area contributed by atoms with Crippen LogP contribution in [0.15, 0.2) is 0 Å². The van der Waals surface area contributed by atoms with Gasteiger partial charge in [0.1, 0.15) is 10.5 Å². The highest BCUT2D eigenvalue weighted by molar-refractivity contribution is 5.98. The lowest BCUT2D eigenvalue weighted by atomic mass is 9.99. The molecule has 0 saturated heterocycles. The Hall–Kier alpha value is -0.353. The molecule has 90 valence electrons. The van der Waals surface area contributed by atoms with Crippen LogP contribution in [-0.4, -0.2) is 29.2 Å². The number of ether oxygens (including phenoxy) is 1. The lowest BCUT2D eigenvalue weighted by Crippen LogP contribution is -2.17. The predicted octanol–water partition coefficient (Wildman–Crippen LogP) is 1.29. The minimum Gasteiger partial charge on any atom is -0.465 e. The van der Waals surface area contributed by atoms with Crippen LogP contribution in [0.5, 0.6) is 0 Å². The van der Waals surface area contributed by atoms with Gasteiger partial charge in [0.2, 0.25) is 0 Å². The summed E-state index contributed by atoms with van der Waals surface area (Å²) >= 11 is 0. The van der Waals surface area contributed by atoms with Gasteiger partial charge in [-0.1, -0.05) is 20.8 Å². The van der Waals surface area contributed by atoms with Crippen molar-refractivity contribution in [3.63, 3.8) is 0 Å². The van der Waals surface area contributed by atoms with E-state index in [2.05, 4.69) is 20.8 Å². The molecule has 0 bridgehead atoms. The monoisotopic (exact) mass is 232 g/mol. The summed E-state index contributed by atoms with van der Waals surface area (Å²) in [5, 5.41) is 0. The molecule has 0 aliphatic rings. The zero-order valence-corrected chi connectivity index (χ0v) is 12.6. The molecule has 4 heteroatoms. The summed E-state index contributed by atoms with van der Waals surface area (Å²) in [5.74, 6) is 0.885. The van der Waals surface area contributed by atoms with Crippen molar-refractivity contribution >= 4 is 16.5 Å². The van der Waals surface area contributed by atoms with E-state index in [9.17, 15) is 4.79 Å². The average Bonchev–Trinajstić information content (AvgIpc) is 2.21. The summed E-state index contributed by atoms with van der Waals surface area (Å²) in [6, 6.07) is 0. The fourth-order valence-electron chi connectivity index (χ4n) is 0.928. The molecular formula is C11H24O3Si. The van der Waals surface area contributed by atoms with E-state index in [0.717, 1.165) is 16.9 Å². The van der Waals surface area contributed by atoms with Crippen molar-refractivity contribution in [1.29, 1.82) is 0 Å². The fraction of sp³-hybridized carbons (Fsp3) is 0.909. The molecule has 3 nitrogen and oxygen atoms in total. The first-order chi connectivity index (χ1) is 6.97. The quantitative estimate of drug-likeness (QED) is 0.490. The minimum absolute atomic E-state index is 0.104. The molecule has 0 radical (unpaired) electrons. The van der Waals surface area contributed by atoms with Gasteiger partial charge in [-0.3, -0.25) is 4.79 Å². The fourth-order valence-corrected chi connectivity index (χ4v) is 1.16. The predicted molar refractivity (Wildman–Crippen MR) is 64.7 cm³/mol. The van der Waals surface area contributed by atoms with E-state index in [1.807, 2.05) is 6.92 Å². The molecule has 0 saturated carbocycles. The molecule has 0 aromatic heterocycles. The van der Waals surface area contributed by atoms with E-state index in [4.69, 9.17) is 9.16 Å². The topological polar surface area (TPSA) is 35.5 Å². The van der Waals surface area contributed by atoms with E-state index in [-0.39, 0.29) is 12.1 Å². The highest BCUT2D eigenvalue weighted by Gasteiger charge is 2.11. The van der Waals surface area contributed by atoms with Gasteiger partial charge in [-0.25, -0.2) is 0 Å². The second-order valence-corrected chi connectivity index (χ2v) is 4.96. The average molecular weight is 232 g/mol. The van der Waals surface area contributed by atoms with E-state index < -0.39 is 0 Å². The second-order valence-electron chi connectivity index (χ2n) is 4.49. The zero-order chi connectivity index (χ0) is 11.8. The normalized spacial score (nSPS) is 15.3. The van der Waals surface area contributed by atoms with Gasteiger partial charge in [0.25, 0.3) is 0 Å². The van der Waals surface area contributed by atoms with Crippen LogP contribution in [0.2, 0.25) is 0 Å². The van der Waals surface area contributed by atoms with Gasteiger partial charge in [0.05, 0.1) is 6.61 Å². The number of rotatable bonds is 7. The molecule has 2 atom stereocenters. The number of hydrogen-bond acceptors (Lipinski definition) is 3. The van der Waals surface area contributed by atoms with Crippen LogP contribution < -0.4 is 0 Å². The number of hydrogen-bond donors (Lipinski definition) is 0. The summed E-state index contributed by atoms with van der Waals surface area (Å²) in [6.45, 7) is 8.89. The first-order valence-corrected chi connectivity index (χ1v) is 6.47. The van der Waals surface area contributed by atoms with Gasteiger partial charge in [-0.2, -0.15) is 0 Å². The van der Waals surface area contributed by atoms with E-state index in [0.29, 0.717) is 24.9 Å². The van der Waals surface area contributed by atoms with Crippen LogP contribution >= 0.6 is 0 Å². The molecule has 0 aromatic rings. The van der Waals surface area contributed by atoms with Crippen LogP contribution in [0.4, 0.5) is 0 Å². The van der Waals surface area contributed by atoms with Gasteiger partial charge < -0.3 is 9.16 Å². The first-order valence-electron chi connectivity index (χ1n) is 5.65. The Labute approximate surface area is 96.1 Å². The maximum atomic E-state index is 11.3. The van der Waals surface area contributed by atoms with Gasteiger partial charge in [-0.15, -0.1) is 0 Å². The highest BCUT2D eigenvalue weighted by Crippen LogP contribution is 2.10. The number of carbonyl (C=O) groups is 1. The molecule has 0 aliphatic heterocycles. The smallest absolute Gasteiger partial charge is 0.305 e. The van der Waals surface area contributed by atoms with Crippen molar-refractivity contribution in [2.75, 3.05) is 6.61 Å². The van der Waals surface area contributed by atoms with Crippen molar-refractivity contribution in [2.45, 2.75) is 46.6 Å². The van der Waals surface area contributed by atoms with E-state index in [1.54, 1.807) is 0 Å². The summed E-state index contributed by atoms with van der Waals surface area (Å²) in [4.78, 5) is 11.3. The number of carbonyl (C=O) groups excluding carboxylic acids is 1. The van der Waals surface area contributed by atoms with Crippen molar-refractivity contribution in [2.24, 2.45) is 11.8 Å². The molecule has 2 unspecified atom stereocenters. The molecule has 0 heterocycles.